The lowest BCUT2D eigenvalue weighted by molar-refractivity contribution is -0.154. The van der Waals surface area contributed by atoms with Gasteiger partial charge in [-0.25, -0.2) is 4.97 Å². The van der Waals surface area contributed by atoms with E-state index in [1.54, 1.807) is 0 Å². The largest absolute Gasteiger partial charge is 0.393 e. The highest BCUT2D eigenvalue weighted by atomic mass is 28.4. The molecule has 0 aromatic heterocycles. The van der Waals surface area contributed by atoms with Crippen LogP contribution in [0.15, 0.2) is 12.2 Å². The zero-order valence-corrected chi connectivity index (χ0v) is 15.1. The zero-order chi connectivity index (χ0) is 16.4. The SMILES string of the molecule is CB1C2C=CC(C3C(=O)OC(=O)C23)N1O[Si](C)(C)C(C)(C)C. The van der Waals surface area contributed by atoms with Crippen molar-refractivity contribution in [1.82, 2.24) is 4.97 Å². The predicted molar refractivity (Wildman–Crippen MR) is 86.5 cm³/mol. The summed E-state index contributed by atoms with van der Waals surface area (Å²) in [6.45, 7) is 13.1. The van der Waals surface area contributed by atoms with E-state index in [1.165, 1.54) is 0 Å². The first-order valence-electron chi connectivity index (χ1n) is 7.96. The number of hydrogen-bond donors (Lipinski definition) is 0. The molecule has 1 aliphatic carbocycles. The quantitative estimate of drug-likeness (QED) is 0.338. The highest BCUT2D eigenvalue weighted by Crippen LogP contribution is 2.50. The van der Waals surface area contributed by atoms with E-state index in [0.717, 1.165) is 0 Å². The molecule has 0 N–H and O–H groups in total. The fourth-order valence-corrected chi connectivity index (χ4v) is 4.54. The summed E-state index contributed by atoms with van der Waals surface area (Å²) in [5, 5.41) is 0.0819. The Morgan fingerprint density at radius 3 is 2.36 bits per heavy atom. The molecule has 22 heavy (non-hydrogen) atoms. The van der Waals surface area contributed by atoms with Crippen molar-refractivity contribution < 1.29 is 18.9 Å². The summed E-state index contributed by atoms with van der Waals surface area (Å²) >= 11 is 0. The van der Waals surface area contributed by atoms with Crippen LogP contribution in [-0.4, -0.2) is 38.1 Å². The number of carbonyl (C=O) groups is 2. The van der Waals surface area contributed by atoms with Crippen LogP contribution in [0.5, 0.6) is 0 Å². The molecule has 0 aromatic carbocycles. The lowest BCUT2D eigenvalue weighted by atomic mass is 9.42. The van der Waals surface area contributed by atoms with Crippen LogP contribution in [0.25, 0.3) is 0 Å². The molecule has 5 nitrogen and oxygen atoms in total. The van der Waals surface area contributed by atoms with Gasteiger partial charge < -0.3 is 9.26 Å². The van der Waals surface area contributed by atoms with Crippen molar-refractivity contribution in [2.45, 2.75) is 57.6 Å². The van der Waals surface area contributed by atoms with Gasteiger partial charge in [-0.1, -0.05) is 39.7 Å². The minimum Gasteiger partial charge on any atom is -0.393 e. The summed E-state index contributed by atoms with van der Waals surface area (Å²) in [5.41, 5.74) is 0. The molecule has 2 fully saturated rings. The predicted octanol–water partition coefficient (Wildman–Crippen LogP) is 2.48. The summed E-state index contributed by atoms with van der Waals surface area (Å²) < 4.78 is 11.4. The molecule has 0 amide bonds. The van der Waals surface area contributed by atoms with Crippen LogP contribution in [0.1, 0.15) is 20.8 Å². The monoisotopic (exact) mass is 321 g/mol. The number of cyclic esters (lactones) is 2. The van der Waals surface area contributed by atoms with Gasteiger partial charge in [0.25, 0.3) is 6.85 Å². The fourth-order valence-electron chi connectivity index (χ4n) is 3.45. The molecule has 120 valence electrons. The maximum Gasteiger partial charge on any atom is 0.319 e. The molecule has 0 aromatic rings. The summed E-state index contributed by atoms with van der Waals surface area (Å²) in [5.74, 6) is -1.53. The normalized spacial score (nSPS) is 35.1. The number of fused-ring (bicyclic) bond motifs is 1. The lowest BCUT2D eigenvalue weighted by Gasteiger charge is -2.52. The Hall–Kier alpha value is -0.918. The third kappa shape index (κ3) is 2.13. The minimum absolute atomic E-state index is 0.0151. The number of hydroxylamine groups is 1. The molecule has 7 heteroatoms. The number of nitrogens with zero attached hydrogens (tertiary/aromatic N) is 1. The first-order chi connectivity index (χ1) is 10.0. The maximum atomic E-state index is 12.1. The van der Waals surface area contributed by atoms with E-state index >= 15 is 0 Å². The Morgan fingerprint density at radius 2 is 1.77 bits per heavy atom. The lowest BCUT2D eigenvalue weighted by Crippen LogP contribution is -2.64. The van der Waals surface area contributed by atoms with E-state index in [-0.39, 0.29) is 35.6 Å². The second-order valence-electron chi connectivity index (χ2n) is 8.20. The summed E-state index contributed by atoms with van der Waals surface area (Å²) in [7, 11) is -2.00. The number of esters is 2. The molecule has 0 saturated carbocycles. The molecule has 3 heterocycles. The van der Waals surface area contributed by atoms with Gasteiger partial charge in [0.15, 0.2) is 0 Å². The molecule has 4 atom stereocenters. The van der Waals surface area contributed by atoms with Gasteiger partial charge in [0, 0.05) is 0 Å². The summed E-state index contributed by atoms with van der Waals surface area (Å²) in [4.78, 5) is 26.0. The molecular weight excluding hydrogens is 297 g/mol. The number of hydrogen-bond acceptors (Lipinski definition) is 5. The van der Waals surface area contributed by atoms with Crippen molar-refractivity contribution in [2.24, 2.45) is 11.8 Å². The van der Waals surface area contributed by atoms with Gasteiger partial charge in [-0.05, 0) is 23.9 Å². The average Bonchev–Trinajstić information content (AvgIpc) is 2.69. The summed E-state index contributed by atoms with van der Waals surface area (Å²) in [6, 6.07) is -0.196. The molecule has 4 aliphatic rings. The van der Waals surface area contributed by atoms with Crippen molar-refractivity contribution in [3.05, 3.63) is 12.2 Å². The van der Waals surface area contributed by atoms with E-state index in [1.807, 2.05) is 11.1 Å². The standard InChI is InChI=1S/C15H24BNO4Si/c1-15(2,3)22(5,6)21-17-10-8-7-9(16(17)4)11-12(10)14(19)20-13(11)18/h7-12H,1-6H3. The van der Waals surface area contributed by atoms with E-state index in [9.17, 15) is 9.59 Å². The van der Waals surface area contributed by atoms with Gasteiger partial charge >= 0.3 is 11.9 Å². The third-order valence-corrected chi connectivity index (χ3v) is 10.1. The number of ether oxygens (including phenoxy) is 1. The van der Waals surface area contributed by atoms with E-state index in [0.29, 0.717) is 0 Å². The second kappa shape index (κ2) is 4.79. The maximum absolute atomic E-state index is 12.1. The number of carbonyl (C=O) groups excluding carboxylic acids is 2. The smallest absolute Gasteiger partial charge is 0.319 e. The average molecular weight is 321 g/mol. The van der Waals surface area contributed by atoms with Crippen LogP contribution in [-0.2, 0) is 18.9 Å². The number of allylic oxidation sites excluding steroid dienone is 1. The Balaban J connectivity index is 1.91. The molecule has 3 aliphatic heterocycles. The Morgan fingerprint density at radius 1 is 1.18 bits per heavy atom. The fraction of sp³-hybridized carbons (Fsp3) is 0.733. The van der Waals surface area contributed by atoms with Crippen LogP contribution in [0.2, 0.25) is 30.8 Å². The van der Waals surface area contributed by atoms with Crippen LogP contribution < -0.4 is 0 Å². The molecule has 2 saturated heterocycles. The van der Waals surface area contributed by atoms with Crippen molar-refractivity contribution in [1.29, 1.82) is 0 Å². The zero-order valence-electron chi connectivity index (χ0n) is 14.1. The van der Waals surface area contributed by atoms with Gasteiger partial charge in [-0.15, -0.1) is 0 Å². The molecule has 4 unspecified atom stereocenters. The first kappa shape index (κ1) is 16.0. The van der Waals surface area contributed by atoms with Crippen LogP contribution in [0.4, 0.5) is 0 Å². The minimum atomic E-state index is -2.00. The van der Waals surface area contributed by atoms with Crippen molar-refractivity contribution in [3.8, 4) is 0 Å². The van der Waals surface area contributed by atoms with Gasteiger partial charge in [-0.2, -0.15) is 0 Å². The van der Waals surface area contributed by atoms with Gasteiger partial charge in [0.05, 0.1) is 17.9 Å². The van der Waals surface area contributed by atoms with Crippen LogP contribution in [0.3, 0.4) is 0 Å². The third-order valence-electron chi connectivity index (χ3n) is 5.84. The van der Waals surface area contributed by atoms with Crippen molar-refractivity contribution in [2.75, 3.05) is 0 Å². The van der Waals surface area contributed by atoms with E-state index < -0.39 is 20.2 Å². The Labute approximate surface area is 133 Å². The Kier molecular flexibility index (Phi) is 3.47. The second-order valence-corrected chi connectivity index (χ2v) is 12.9. The van der Waals surface area contributed by atoms with Gasteiger partial charge in [-0.3, -0.25) is 9.59 Å². The molecule has 0 radical (unpaired) electrons. The van der Waals surface area contributed by atoms with Crippen molar-refractivity contribution >= 4 is 27.1 Å². The number of rotatable bonds is 2. The summed E-state index contributed by atoms with van der Waals surface area (Å²) in [6.07, 6.45) is 4.07. The topological polar surface area (TPSA) is 55.8 Å². The molecule has 2 bridgehead atoms. The van der Waals surface area contributed by atoms with E-state index in [2.05, 4.69) is 46.8 Å². The molecular formula is C15H24BNO4Si. The van der Waals surface area contributed by atoms with E-state index in [4.69, 9.17) is 9.26 Å². The molecule has 0 spiro atoms. The van der Waals surface area contributed by atoms with Crippen molar-refractivity contribution in [3.63, 3.8) is 0 Å². The highest BCUT2D eigenvalue weighted by Gasteiger charge is 2.62. The van der Waals surface area contributed by atoms with Crippen LogP contribution >= 0.6 is 0 Å². The van der Waals surface area contributed by atoms with Crippen LogP contribution in [0, 0.1) is 11.8 Å². The van der Waals surface area contributed by atoms with Gasteiger partial charge in [0.2, 0.25) is 8.32 Å². The first-order valence-corrected chi connectivity index (χ1v) is 10.9. The highest BCUT2D eigenvalue weighted by molar-refractivity contribution is 6.74. The Bertz CT molecular complexity index is 556. The van der Waals surface area contributed by atoms with Gasteiger partial charge in [0.1, 0.15) is 0 Å². The molecule has 4 rings (SSSR count).